The molecule has 0 saturated carbocycles. The van der Waals surface area contributed by atoms with Crippen LogP contribution in [0.4, 0.5) is 0 Å². The number of aromatic nitrogens is 3. The molecule has 3 N–H and O–H groups in total. The zero-order chi connectivity index (χ0) is 25.2. The van der Waals surface area contributed by atoms with Gasteiger partial charge >= 0.3 is 0 Å². The Morgan fingerprint density at radius 1 is 1.09 bits per heavy atom. The van der Waals surface area contributed by atoms with Gasteiger partial charge in [0.05, 0.1) is 17.0 Å². The highest BCUT2D eigenvalue weighted by molar-refractivity contribution is 7.89. The molecule has 0 saturated heterocycles. The van der Waals surface area contributed by atoms with Crippen LogP contribution in [0.15, 0.2) is 59.6 Å². The monoisotopic (exact) mass is 491 g/mol. The number of carbonyl (C=O) groups is 1. The number of nitrogens with two attached hydrogens (primary N) is 1. The van der Waals surface area contributed by atoms with E-state index in [1.807, 2.05) is 44.2 Å². The smallest absolute Gasteiger partial charge is 0.253 e. The molecule has 0 aliphatic rings. The number of sulfonamides is 1. The lowest BCUT2D eigenvalue weighted by Crippen LogP contribution is -2.28. The largest absolute Gasteiger partial charge is 0.352 e. The lowest BCUT2D eigenvalue weighted by molar-refractivity contribution is 0.0951. The Morgan fingerprint density at radius 3 is 2.49 bits per heavy atom. The first-order valence-corrected chi connectivity index (χ1v) is 13.1. The van der Waals surface area contributed by atoms with Crippen molar-refractivity contribution in [1.82, 2.24) is 19.9 Å². The number of fused-ring (bicyclic) bond motifs is 1. The highest BCUT2D eigenvalue weighted by Crippen LogP contribution is 2.29. The summed E-state index contributed by atoms with van der Waals surface area (Å²) >= 11 is 0. The summed E-state index contributed by atoms with van der Waals surface area (Å²) in [5.74, 6) is 0.496. The number of primary sulfonamides is 1. The molecule has 4 rings (SSSR count). The van der Waals surface area contributed by atoms with E-state index in [2.05, 4.69) is 21.8 Å². The second kappa shape index (κ2) is 9.97. The lowest BCUT2D eigenvalue weighted by Gasteiger charge is -2.14. The van der Waals surface area contributed by atoms with Gasteiger partial charge in [-0.1, -0.05) is 50.2 Å². The molecule has 2 aromatic carbocycles. The van der Waals surface area contributed by atoms with Crippen LogP contribution in [0.1, 0.15) is 47.6 Å². The molecule has 9 heteroatoms. The summed E-state index contributed by atoms with van der Waals surface area (Å²) in [5.41, 5.74) is 5.17. The standard InChI is InChI=1S/C26H29N5O3S/c1-4-14-29-26(32)23-20(7-6-8-21(23)35(27,33)34)19-11-9-18(10-12-19)16-31-22(5-2)30-24-17(3)13-15-28-25(24)31/h6-13,15H,4-5,14,16H2,1-3H3,(H,29,32)(H2,27,33,34). The molecule has 0 unspecified atom stereocenters. The number of amides is 1. The number of imidazole rings is 1. The van der Waals surface area contributed by atoms with Gasteiger partial charge in [0.25, 0.3) is 5.91 Å². The summed E-state index contributed by atoms with van der Waals surface area (Å²) in [6.07, 6.45) is 3.30. The van der Waals surface area contributed by atoms with Crippen molar-refractivity contribution in [2.45, 2.75) is 45.1 Å². The average Bonchev–Trinajstić information content (AvgIpc) is 3.20. The molecule has 2 aromatic heterocycles. The Hall–Kier alpha value is -3.56. The van der Waals surface area contributed by atoms with Gasteiger partial charge in [-0.25, -0.2) is 23.5 Å². The van der Waals surface area contributed by atoms with Gasteiger partial charge in [0.1, 0.15) is 11.3 Å². The summed E-state index contributed by atoms with van der Waals surface area (Å²) in [5, 5.41) is 8.20. The Balaban J connectivity index is 1.73. The molecule has 1 amide bonds. The predicted octanol–water partition coefficient (Wildman–Crippen LogP) is 3.80. The van der Waals surface area contributed by atoms with Gasteiger partial charge < -0.3 is 9.88 Å². The third-order valence-corrected chi connectivity index (χ3v) is 6.89. The second-order valence-corrected chi connectivity index (χ2v) is 9.97. The number of carbonyl (C=O) groups excluding carboxylic acids is 1. The third-order valence-electron chi connectivity index (χ3n) is 5.93. The first kappa shape index (κ1) is 24.6. The van der Waals surface area contributed by atoms with E-state index >= 15 is 0 Å². The van der Waals surface area contributed by atoms with Crippen molar-refractivity contribution in [3.05, 3.63) is 77.2 Å². The van der Waals surface area contributed by atoms with Crippen LogP contribution in [0.25, 0.3) is 22.3 Å². The molecular formula is C26H29N5O3S. The maximum absolute atomic E-state index is 12.9. The molecule has 182 valence electrons. The number of aryl methyl sites for hydroxylation is 2. The molecular weight excluding hydrogens is 462 g/mol. The summed E-state index contributed by atoms with van der Waals surface area (Å²) in [7, 11) is -4.09. The quantitative estimate of drug-likeness (QED) is 0.388. The average molecular weight is 492 g/mol. The molecule has 0 aliphatic carbocycles. The molecule has 0 spiro atoms. The molecule has 8 nitrogen and oxygen atoms in total. The highest BCUT2D eigenvalue weighted by Gasteiger charge is 2.23. The van der Waals surface area contributed by atoms with Gasteiger partial charge in [0.2, 0.25) is 10.0 Å². The molecule has 0 radical (unpaired) electrons. The first-order valence-electron chi connectivity index (χ1n) is 11.6. The van der Waals surface area contributed by atoms with Crippen LogP contribution in [0, 0.1) is 6.92 Å². The Bertz CT molecular complexity index is 1490. The summed E-state index contributed by atoms with van der Waals surface area (Å²) in [6, 6.07) is 14.3. The van der Waals surface area contributed by atoms with E-state index < -0.39 is 15.9 Å². The Kier molecular flexibility index (Phi) is 7.00. The minimum Gasteiger partial charge on any atom is -0.352 e. The predicted molar refractivity (Wildman–Crippen MR) is 137 cm³/mol. The van der Waals surface area contributed by atoms with Crippen LogP contribution in [0.3, 0.4) is 0 Å². The van der Waals surface area contributed by atoms with E-state index in [9.17, 15) is 13.2 Å². The summed E-state index contributed by atoms with van der Waals surface area (Å²) in [4.78, 5) is 22.0. The van der Waals surface area contributed by atoms with E-state index in [-0.39, 0.29) is 10.5 Å². The number of benzene rings is 2. The lowest BCUT2D eigenvalue weighted by atomic mass is 9.98. The first-order chi connectivity index (χ1) is 16.7. The van der Waals surface area contributed by atoms with E-state index in [4.69, 9.17) is 10.1 Å². The number of hydrogen-bond donors (Lipinski definition) is 2. The molecule has 4 aromatic rings. The fourth-order valence-corrected chi connectivity index (χ4v) is 4.92. The normalized spacial score (nSPS) is 11.7. The fourth-order valence-electron chi connectivity index (χ4n) is 4.16. The highest BCUT2D eigenvalue weighted by atomic mass is 32.2. The topological polar surface area (TPSA) is 120 Å². The number of pyridine rings is 1. The van der Waals surface area contributed by atoms with Crippen molar-refractivity contribution in [3.8, 4) is 11.1 Å². The maximum Gasteiger partial charge on any atom is 0.253 e. The maximum atomic E-state index is 12.9. The minimum atomic E-state index is -4.09. The van der Waals surface area contributed by atoms with Crippen molar-refractivity contribution < 1.29 is 13.2 Å². The number of hydrogen-bond acceptors (Lipinski definition) is 5. The van der Waals surface area contributed by atoms with Crippen molar-refractivity contribution in [2.75, 3.05) is 6.54 Å². The Morgan fingerprint density at radius 2 is 1.83 bits per heavy atom. The molecule has 35 heavy (non-hydrogen) atoms. The molecule has 0 fully saturated rings. The summed E-state index contributed by atoms with van der Waals surface area (Å²) < 4.78 is 26.6. The molecule has 2 heterocycles. The van der Waals surface area contributed by atoms with Crippen LogP contribution in [0.2, 0.25) is 0 Å². The van der Waals surface area contributed by atoms with Gasteiger partial charge in [-0.2, -0.15) is 0 Å². The third kappa shape index (κ3) is 4.96. The second-order valence-electron chi connectivity index (χ2n) is 8.44. The van der Waals surface area contributed by atoms with Gasteiger partial charge in [-0.15, -0.1) is 0 Å². The zero-order valence-corrected chi connectivity index (χ0v) is 20.9. The van der Waals surface area contributed by atoms with Crippen LogP contribution in [0.5, 0.6) is 0 Å². The van der Waals surface area contributed by atoms with Crippen LogP contribution < -0.4 is 10.5 Å². The molecule has 0 atom stereocenters. The minimum absolute atomic E-state index is 0.0600. The van der Waals surface area contributed by atoms with Gasteiger partial charge in [-0.05, 0) is 47.7 Å². The Labute approximate surface area is 205 Å². The fraction of sp³-hybridized carbons (Fsp3) is 0.269. The number of nitrogens with zero attached hydrogens (tertiary/aromatic N) is 3. The number of nitrogens with one attached hydrogen (secondary N) is 1. The van der Waals surface area contributed by atoms with Gasteiger partial charge in [0, 0.05) is 19.2 Å². The molecule has 0 aliphatic heterocycles. The zero-order valence-electron chi connectivity index (χ0n) is 20.1. The van der Waals surface area contributed by atoms with E-state index in [0.717, 1.165) is 46.5 Å². The number of rotatable bonds is 8. The summed E-state index contributed by atoms with van der Waals surface area (Å²) in [6.45, 7) is 7.05. The van der Waals surface area contributed by atoms with E-state index in [1.165, 1.54) is 6.07 Å². The van der Waals surface area contributed by atoms with E-state index in [0.29, 0.717) is 18.7 Å². The van der Waals surface area contributed by atoms with Crippen molar-refractivity contribution in [2.24, 2.45) is 5.14 Å². The van der Waals surface area contributed by atoms with Crippen molar-refractivity contribution in [1.29, 1.82) is 0 Å². The van der Waals surface area contributed by atoms with Crippen LogP contribution >= 0.6 is 0 Å². The van der Waals surface area contributed by atoms with Gasteiger partial charge in [-0.3, -0.25) is 4.79 Å². The van der Waals surface area contributed by atoms with Crippen LogP contribution in [-0.4, -0.2) is 35.4 Å². The molecule has 0 bridgehead atoms. The van der Waals surface area contributed by atoms with Crippen LogP contribution in [-0.2, 0) is 23.0 Å². The van der Waals surface area contributed by atoms with Crippen molar-refractivity contribution in [3.63, 3.8) is 0 Å². The SMILES string of the molecule is CCCNC(=O)c1c(-c2ccc(Cn3c(CC)nc4c(C)ccnc43)cc2)cccc1S(N)(=O)=O. The van der Waals surface area contributed by atoms with E-state index in [1.54, 1.807) is 18.3 Å². The van der Waals surface area contributed by atoms with Crippen molar-refractivity contribution >= 4 is 27.1 Å². The van der Waals surface area contributed by atoms with Gasteiger partial charge in [0.15, 0.2) is 5.65 Å².